The van der Waals surface area contributed by atoms with Gasteiger partial charge in [0, 0.05) is 25.7 Å². The van der Waals surface area contributed by atoms with Gasteiger partial charge >= 0.3 is 0 Å². The van der Waals surface area contributed by atoms with E-state index in [4.69, 9.17) is 0 Å². The van der Waals surface area contributed by atoms with Gasteiger partial charge in [-0.05, 0) is 58.8 Å². The lowest BCUT2D eigenvalue weighted by Gasteiger charge is -2.36. The minimum Gasteiger partial charge on any atom is -0.314 e. The van der Waals surface area contributed by atoms with E-state index >= 15 is 0 Å². The molecule has 0 saturated carbocycles. The molecule has 2 heterocycles. The third-order valence-corrected chi connectivity index (χ3v) is 4.30. The van der Waals surface area contributed by atoms with E-state index < -0.39 is 0 Å². The summed E-state index contributed by atoms with van der Waals surface area (Å²) >= 11 is 0. The van der Waals surface area contributed by atoms with E-state index in [1.54, 1.807) is 0 Å². The molecule has 1 atom stereocenters. The van der Waals surface area contributed by atoms with Crippen molar-refractivity contribution in [2.24, 2.45) is 5.92 Å². The molecule has 0 bridgehead atoms. The highest BCUT2D eigenvalue weighted by molar-refractivity contribution is 4.78. The van der Waals surface area contributed by atoms with Gasteiger partial charge in [0.25, 0.3) is 0 Å². The molecular weight excluding hydrogens is 198 g/mol. The maximum atomic E-state index is 3.46. The molecule has 0 aromatic carbocycles. The first-order chi connectivity index (χ1) is 7.75. The molecule has 2 rings (SSSR count). The van der Waals surface area contributed by atoms with Crippen LogP contribution < -0.4 is 5.32 Å². The van der Waals surface area contributed by atoms with E-state index in [0.717, 1.165) is 12.0 Å². The molecule has 0 aromatic heterocycles. The predicted octanol–water partition coefficient (Wildman–Crippen LogP) is 1.01. The summed E-state index contributed by atoms with van der Waals surface area (Å²) < 4.78 is 0. The maximum Gasteiger partial charge on any atom is 0.0192 e. The third-order valence-electron chi connectivity index (χ3n) is 4.30. The molecule has 0 aliphatic carbocycles. The predicted molar refractivity (Wildman–Crippen MR) is 68.7 cm³/mol. The summed E-state index contributed by atoms with van der Waals surface area (Å²) in [4.78, 5) is 5.12. The fraction of sp³-hybridized carbons (Fsp3) is 1.00. The van der Waals surface area contributed by atoms with E-state index in [1.807, 2.05) is 0 Å². The number of hydrogen-bond donors (Lipinski definition) is 1. The van der Waals surface area contributed by atoms with Crippen LogP contribution >= 0.6 is 0 Å². The van der Waals surface area contributed by atoms with Crippen LogP contribution in [-0.4, -0.2) is 62.2 Å². The summed E-state index contributed by atoms with van der Waals surface area (Å²) in [5.41, 5.74) is 0. The Labute approximate surface area is 100 Å². The van der Waals surface area contributed by atoms with Crippen LogP contribution in [0, 0.1) is 5.92 Å². The Morgan fingerprint density at radius 3 is 2.62 bits per heavy atom. The van der Waals surface area contributed by atoms with Gasteiger partial charge in [-0.25, -0.2) is 0 Å². The van der Waals surface area contributed by atoms with Crippen molar-refractivity contribution in [3.05, 3.63) is 0 Å². The van der Waals surface area contributed by atoms with E-state index in [1.165, 1.54) is 58.5 Å². The highest BCUT2D eigenvalue weighted by Gasteiger charge is 2.21. The Hall–Kier alpha value is -0.120. The molecule has 2 saturated heterocycles. The van der Waals surface area contributed by atoms with Crippen molar-refractivity contribution in [1.29, 1.82) is 0 Å². The normalized spacial score (nSPS) is 30.8. The first-order valence-corrected chi connectivity index (χ1v) is 6.89. The number of rotatable bonds is 3. The summed E-state index contributed by atoms with van der Waals surface area (Å²) in [6.45, 7) is 9.88. The van der Waals surface area contributed by atoms with E-state index in [0.29, 0.717) is 0 Å². The van der Waals surface area contributed by atoms with E-state index in [2.05, 4.69) is 29.1 Å². The van der Waals surface area contributed by atoms with Gasteiger partial charge in [-0.15, -0.1) is 0 Å². The fourth-order valence-electron chi connectivity index (χ4n) is 2.91. The van der Waals surface area contributed by atoms with Crippen LogP contribution in [0.3, 0.4) is 0 Å². The minimum absolute atomic E-state index is 0.736. The molecule has 94 valence electrons. The lowest BCUT2D eigenvalue weighted by molar-refractivity contribution is 0.144. The van der Waals surface area contributed by atoms with Gasteiger partial charge in [-0.2, -0.15) is 0 Å². The maximum absolute atomic E-state index is 3.46. The summed E-state index contributed by atoms with van der Waals surface area (Å²) in [6, 6.07) is 0.736. The van der Waals surface area contributed by atoms with Crippen molar-refractivity contribution in [1.82, 2.24) is 15.1 Å². The number of likely N-dealkylation sites (tertiary alicyclic amines) is 1. The lowest BCUT2D eigenvalue weighted by Crippen LogP contribution is -2.50. The zero-order valence-electron chi connectivity index (χ0n) is 10.9. The molecule has 2 aliphatic heterocycles. The summed E-state index contributed by atoms with van der Waals surface area (Å²) in [7, 11) is 2.24. The highest BCUT2D eigenvalue weighted by atomic mass is 15.2. The second-order valence-corrected chi connectivity index (χ2v) is 5.62. The molecular formula is C13H27N3. The number of nitrogens with one attached hydrogen (secondary N) is 1. The van der Waals surface area contributed by atoms with Crippen LogP contribution in [0.15, 0.2) is 0 Å². The van der Waals surface area contributed by atoms with Gasteiger partial charge in [0.15, 0.2) is 0 Å². The quantitative estimate of drug-likeness (QED) is 0.773. The Kier molecular flexibility index (Phi) is 4.62. The van der Waals surface area contributed by atoms with Gasteiger partial charge in [0.1, 0.15) is 0 Å². The summed E-state index contributed by atoms with van der Waals surface area (Å²) in [5, 5.41) is 3.46. The third kappa shape index (κ3) is 3.44. The molecule has 16 heavy (non-hydrogen) atoms. The molecule has 0 amide bonds. The fourth-order valence-corrected chi connectivity index (χ4v) is 2.91. The summed E-state index contributed by atoms with van der Waals surface area (Å²) in [6.07, 6.45) is 4.24. The molecule has 3 nitrogen and oxygen atoms in total. The zero-order valence-corrected chi connectivity index (χ0v) is 10.9. The van der Waals surface area contributed by atoms with E-state index in [9.17, 15) is 0 Å². The van der Waals surface area contributed by atoms with Gasteiger partial charge in [-0.1, -0.05) is 0 Å². The average molecular weight is 225 g/mol. The topological polar surface area (TPSA) is 18.5 Å². The second kappa shape index (κ2) is 5.99. The SMILES string of the molecule is CC1CNCCN1CCC1CCN(C)CC1. The number of piperidine rings is 1. The smallest absolute Gasteiger partial charge is 0.0192 e. The van der Waals surface area contributed by atoms with Gasteiger partial charge < -0.3 is 10.2 Å². The number of nitrogens with zero attached hydrogens (tertiary/aromatic N) is 2. The second-order valence-electron chi connectivity index (χ2n) is 5.62. The molecule has 1 N–H and O–H groups in total. The molecule has 3 heteroatoms. The Morgan fingerprint density at radius 2 is 1.94 bits per heavy atom. The largest absolute Gasteiger partial charge is 0.314 e. The molecule has 0 radical (unpaired) electrons. The monoisotopic (exact) mass is 225 g/mol. The average Bonchev–Trinajstić information content (AvgIpc) is 2.30. The first-order valence-electron chi connectivity index (χ1n) is 6.89. The number of hydrogen-bond acceptors (Lipinski definition) is 3. The van der Waals surface area contributed by atoms with Crippen molar-refractivity contribution in [2.75, 3.05) is 46.3 Å². The highest BCUT2D eigenvalue weighted by Crippen LogP contribution is 2.20. The van der Waals surface area contributed by atoms with Crippen molar-refractivity contribution >= 4 is 0 Å². The van der Waals surface area contributed by atoms with Crippen molar-refractivity contribution in [3.8, 4) is 0 Å². The summed E-state index contributed by atoms with van der Waals surface area (Å²) in [5.74, 6) is 0.985. The van der Waals surface area contributed by atoms with Crippen LogP contribution in [-0.2, 0) is 0 Å². The Balaban J connectivity index is 1.66. The zero-order chi connectivity index (χ0) is 11.4. The van der Waals surface area contributed by atoms with Crippen LogP contribution in [0.25, 0.3) is 0 Å². The minimum atomic E-state index is 0.736. The standard InChI is InChI=1S/C13H27N3/c1-12-11-14-6-10-16(12)9-5-13-3-7-15(2)8-4-13/h12-14H,3-11H2,1-2H3. The number of piperazine rings is 1. The van der Waals surface area contributed by atoms with Gasteiger partial charge in [0.05, 0.1) is 0 Å². The molecule has 0 aromatic rings. The molecule has 2 fully saturated rings. The molecule has 1 unspecified atom stereocenters. The Morgan fingerprint density at radius 1 is 1.19 bits per heavy atom. The van der Waals surface area contributed by atoms with Crippen LogP contribution in [0.5, 0.6) is 0 Å². The van der Waals surface area contributed by atoms with E-state index in [-0.39, 0.29) is 0 Å². The van der Waals surface area contributed by atoms with Crippen LogP contribution in [0.1, 0.15) is 26.2 Å². The van der Waals surface area contributed by atoms with Crippen molar-refractivity contribution in [2.45, 2.75) is 32.2 Å². The van der Waals surface area contributed by atoms with Crippen LogP contribution in [0.2, 0.25) is 0 Å². The molecule has 0 spiro atoms. The van der Waals surface area contributed by atoms with Crippen molar-refractivity contribution < 1.29 is 0 Å². The van der Waals surface area contributed by atoms with Crippen LogP contribution in [0.4, 0.5) is 0 Å². The van der Waals surface area contributed by atoms with Gasteiger partial charge in [-0.3, -0.25) is 4.90 Å². The van der Waals surface area contributed by atoms with Gasteiger partial charge in [0.2, 0.25) is 0 Å². The first kappa shape index (κ1) is 12.3. The molecule has 2 aliphatic rings. The lowest BCUT2D eigenvalue weighted by atomic mass is 9.93. The Bertz CT molecular complexity index is 199. The van der Waals surface area contributed by atoms with Crippen molar-refractivity contribution in [3.63, 3.8) is 0 Å².